The number of hydrogen-bond acceptors (Lipinski definition) is 2. The Morgan fingerprint density at radius 3 is 2.82 bits per heavy atom. The van der Waals surface area contributed by atoms with Gasteiger partial charge < -0.3 is 9.84 Å². The minimum Gasteiger partial charge on any atom is -0.493 e. The first-order valence-corrected chi connectivity index (χ1v) is 5.99. The maximum atomic E-state index is 10.7. The molecule has 1 N–H and O–H groups in total. The zero-order valence-corrected chi connectivity index (χ0v) is 10.5. The summed E-state index contributed by atoms with van der Waals surface area (Å²) < 4.78 is 5.70. The first-order valence-electron chi connectivity index (χ1n) is 5.62. The quantitative estimate of drug-likeness (QED) is 0.877. The number of carbonyl (C=O) groups is 1. The van der Waals surface area contributed by atoms with E-state index in [1.807, 2.05) is 19.1 Å². The Kier molecular flexibility index (Phi) is 3.29. The third-order valence-corrected chi connectivity index (χ3v) is 3.40. The molecule has 3 nitrogen and oxygen atoms in total. The zero-order valence-electron chi connectivity index (χ0n) is 9.70. The Labute approximate surface area is 105 Å². The molecule has 17 heavy (non-hydrogen) atoms. The molecule has 2 rings (SSSR count). The molecule has 1 aliphatic rings. The molecule has 92 valence electrons. The number of halogens is 1. The topological polar surface area (TPSA) is 46.5 Å². The van der Waals surface area contributed by atoms with Crippen molar-refractivity contribution in [3.05, 3.63) is 28.8 Å². The first-order chi connectivity index (χ1) is 8.01. The van der Waals surface area contributed by atoms with Gasteiger partial charge in [-0.25, -0.2) is 0 Å². The van der Waals surface area contributed by atoms with E-state index in [4.69, 9.17) is 21.4 Å². The molecule has 0 amide bonds. The van der Waals surface area contributed by atoms with Crippen LogP contribution in [-0.2, 0) is 4.79 Å². The fourth-order valence-electron chi connectivity index (χ4n) is 1.83. The van der Waals surface area contributed by atoms with E-state index >= 15 is 0 Å². The number of aliphatic carboxylic acids is 1. The van der Waals surface area contributed by atoms with E-state index in [1.54, 1.807) is 6.07 Å². The smallest absolute Gasteiger partial charge is 0.304 e. The molecule has 0 heterocycles. The number of rotatable bonds is 5. The van der Waals surface area contributed by atoms with E-state index in [0.29, 0.717) is 11.6 Å². The second-order valence-electron chi connectivity index (χ2n) is 4.77. The summed E-state index contributed by atoms with van der Waals surface area (Å²) >= 11 is 5.89. The van der Waals surface area contributed by atoms with Crippen molar-refractivity contribution in [2.45, 2.75) is 26.2 Å². The highest BCUT2D eigenvalue weighted by Crippen LogP contribution is 2.49. The van der Waals surface area contributed by atoms with Crippen molar-refractivity contribution in [2.24, 2.45) is 5.41 Å². The summed E-state index contributed by atoms with van der Waals surface area (Å²) in [7, 11) is 0. The fraction of sp³-hybridized carbons (Fsp3) is 0.462. The van der Waals surface area contributed by atoms with E-state index in [2.05, 4.69) is 0 Å². The van der Waals surface area contributed by atoms with Crippen molar-refractivity contribution in [1.82, 2.24) is 0 Å². The van der Waals surface area contributed by atoms with E-state index in [1.165, 1.54) is 0 Å². The van der Waals surface area contributed by atoms with Crippen molar-refractivity contribution in [3.63, 3.8) is 0 Å². The molecule has 1 saturated carbocycles. The van der Waals surface area contributed by atoms with Crippen molar-refractivity contribution >= 4 is 17.6 Å². The number of ether oxygens (including phenoxy) is 1. The highest BCUT2D eigenvalue weighted by molar-refractivity contribution is 6.30. The van der Waals surface area contributed by atoms with Gasteiger partial charge in [-0.3, -0.25) is 4.79 Å². The molecule has 0 radical (unpaired) electrons. The number of hydrogen-bond donors (Lipinski definition) is 1. The number of carboxylic acid groups (broad SMARTS) is 1. The zero-order chi connectivity index (χ0) is 12.5. The highest BCUT2D eigenvalue weighted by Gasteiger charge is 2.45. The van der Waals surface area contributed by atoms with Crippen LogP contribution in [0.4, 0.5) is 0 Å². The van der Waals surface area contributed by atoms with Gasteiger partial charge in [0, 0.05) is 10.4 Å². The lowest BCUT2D eigenvalue weighted by molar-refractivity contribution is -0.138. The van der Waals surface area contributed by atoms with Crippen LogP contribution in [0.5, 0.6) is 5.75 Å². The number of carboxylic acids is 1. The van der Waals surface area contributed by atoms with Crippen molar-refractivity contribution < 1.29 is 14.6 Å². The maximum Gasteiger partial charge on any atom is 0.304 e. The molecule has 0 unspecified atom stereocenters. The molecule has 1 aromatic carbocycles. The predicted octanol–water partition coefficient (Wildman–Crippen LogP) is 3.28. The van der Waals surface area contributed by atoms with Crippen LogP contribution >= 0.6 is 11.6 Å². The Balaban J connectivity index is 1.98. The SMILES string of the molecule is Cc1ccc(Cl)cc1OCC1(CC(=O)O)CC1. The number of aryl methyl sites for hydroxylation is 1. The van der Waals surface area contributed by atoms with Gasteiger partial charge in [0.1, 0.15) is 5.75 Å². The van der Waals surface area contributed by atoms with Crippen molar-refractivity contribution in [1.29, 1.82) is 0 Å². The Bertz CT molecular complexity index is 438. The lowest BCUT2D eigenvalue weighted by Gasteiger charge is -2.15. The third-order valence-electron chi connectivity index (χ3n) is 3.17. The molecule has 0 saturated heterocycles. The van der Waals surface area contributed by atoms with E-state index in [9.17, 15) is 4.79 Å². The lowest BCUT2D eigenvalue weighted by atomic mass is 10.0. The maximum absolute atomic E-state index is 10.7. The average Bonchev–Trinajstić information content (AvgIpc) is 2.99. The first kappa shape index (κ1) is 12.2. The van der Waals surface area contributed by atoms with Crippen LogP contribution in [0.15, 0.2) is 18.2 Å². The summed E-state index contributed by atoms with van der Waals surface area (Å²) in [6.45, 7) is 2.41. The van der Waals surface area contributed by atoms with Crippen LogP contribution in [0.2, 0.25) is 5.02 Å². The molecule has 4 heteroatoms. The molecule has 0 spiro atoms. The van der Waals surface area contributed by atoms with Crippen LogP contribution in [-0.4, -0.2) is 17.7 Å². The summed E-state index contributed by atoms with van der Waals surface area (Å²) in [5.74, 6) is -0.0110. The van der Waals surface area contributed by atoms with Crippen LogP contribution in [0.3, 0.4) is 0 Å². The highest BCUT2D eigenvalue weighted by atomic mass is 35.5. The fourth-order valence-corrected chi connectivity index (χ4v) is 1.99. The van der Waals surface area contributed by atoms with E-state index in [0.717, 1.165) is 24.2 Å². The van der Waals surface area contributed by atoms with Gasteiger partial charge in [-0.1, -0.05) is 17.7 Å². The summed E-state index contributed by atoms with van der Waals surface area (Å²) in [5.41, 5.74) is 0.862. The van der Waals surface area contributed by atoms with Crippen LogP contribution in [0, 0.1) is 12.3 Å². The van der Waals surface area contributed by atoms with Crippen LogP contribution in [0.25, 0.3) is 0 Å². The Morgan fingerprint density at radius 1 is 1.53 bits per heavy atom. The van der Waals surface area contributed by atoms with Gasteiger partial charge in [0.05, 0.1) is 13.0 Å². The second kappa shape index (κ2) is 4.57. The van der Waals surface area contributed by atoms with E-state index < -0.39 is 5.97 Å². The summed E-state index contributed by atoms with van der Waals surface area (Å²) in [6, 6.07) is 5.48. The molecule has 0 aromatic heterocycles. The predicted molar refractivity (Wildman–Crippen MR) is 65.6 cm³/mol. The van der Waals surface area contributed by atoms with Crippen LogP contribution < -0.4 is 4.74 Å². The minimum absolute atomic E-state index is 0.152. The summed E-state index contributed by atoms with van der Waals surface area (Å²) in [6.07, 6.45) is 2.05. The standard InChI is InChI=1S/C13H15ClO3/c1-9-2-3-10(14)6-11(9)17-8-13(4-5-13)7-12(15)16/h2-3,6H,4-5,7-8H2,1H3,(H,15,16). The molecule has 1 fully saturated rings. The number of benzene rings is 1. The van der Waals surface area contributed by atoms with Gasteiger partial charge in [-0.15, -0.1) is 0 Å². The van der Waals surface area contributed by atoms with Crippen molar-refractivity contribution in [3.8, 4) is 5.75 Å². The van der Waals surface area contributed by atoms with Gasteiger partial charge in [0.2, 0.25) is 0 Å². The summed E-state index contributed by atoms with van der Waals surface area (Å²) in [5, 5.41) is 9.44. The third kappa shape index (κ3) is 3.13. The van der Waals surface area contributed by atoms with Crippen molar-refractivity contribution in [2.75, 3.05) is 6.61 Å². The van der Waals surface area contributed by atoms with Gasteiger partial charge in [-0.05, 0) is 37.5 Å². The summed E-state index contributed by atoms with van der Waals surface area (Å²) in [4.78, 5) is 10.7. The molecule has 1 aromatic rings. The molecule has 0 atom stereocenters. The van der Waals surface area contributed by atoms with Gasteiger partial charge in [0.15, 0.2) is 0 Å². The van der Waals surface area contributed by atoms with Gasteiger partial charge >= 0.3 is 5.97 Å². The second-order valence-corrected chi connectivity index (χ2v) is 5.21. The normalized spacial score (nSPS) is 16.6. The minimum atomic E-state index is -0.756. The molecule has 0 bridgehead atoms. The molecular formula is C13H15ClO3. The van der Waals surface area contributed by atoms with Gasteiger partial charge in [-0.2, -0.15) is 0 Å². The largest absolute Gasteiger partial charge is 0.493 e. The van der Waals surface area contributed by atoms with Gasteiger partial charge in [0.25, 0.3) is 0 Å². The van der Waals surface area contributed by atoms with Crippen LogP contribution in [0.1, 0.15) is 24.8 Å². The molecule has 0 aliphatic heterocycles. The monoisotopic (exact) mass is 254 g/mol. The molecule has 1 aliphatic carbocycles. The Morgan fingerprint density at radius 2 is 2.24 bits per heavy atom. The average molecular weight is 255 g/mol. The molecular weight excluding hydrogens is 240 g/mol. The Hall–Kier alpha value is -1.22. The lowest BCUT2D eigenvalue weighted by Crippen LogP contribution is -2.17. The van der Waals surface area contributed by atoms with E-state index in [-0.39, 0.29) is 11.8 Å².